The molecule has 0 aliphatic rings. The molecule has 0 bridgehead atoms. The molecule has 0 spiro atoms. The third-order valence-corrected chi connectivity index (χ3v) is 5.60. The molecule has 9 heteroatoms. The van der Waals surface area contributed by atoms with Crippen LogP contribution in [-0.4, -0.2) is 25.6 Å². The quantitative estimate of drug-likeness (QED) is 0.464. The van der Waals surface area contributed by atoms with Gasteiger partial charge in [0.15, 0.2) is 5.16 Å². The number of nitrogens with one attached hydrogen (secondary N) is 1. The SMILES string of the molecule is CCC(NC(=O)c1ccc(Sc2nncn2C)c([N+](=O)[O-])c1)c1ccc(C)cc1. The summed E-state index contributed by atoms with van der Waals surface area (Å²) < 4.78 is 1.67. The van der Waals surface area contributed by atoms with Gasteiger partial charge < -0.3 is 9.88 Å². The van der Waals surface area contributed by atoms with Gasteiger partial charge in [0.1, 0.15) is 6.33 Å². The molecule has 2 aromatic carbocycles. The van der Waals surface area contributed by atoms with E-state index >= 15 is 0 Å². The fourth-order valence-corrected chi connectivity index (χ4v) is 3.66. The minimum Gasteiger partial charge on any atom is -0.345 e. The summed E-state index contributed by atoms with van der Waals surface area (Å²) in [4.78, 5) is 24.2. The predicted molar refractivity (Wildman–Crippen MR) is 110 cm³/mol. The van der Waals surface area contributed by atoms with Crippen LogP contribution < -0.4 is 5.32 Å². The average Bonchev–Trinajstić information content (AvgIpc) is 3.11. The van der Waals surface area contributed by atoms with Crippen molar-refractivity contribution in [3.63, 3.8) is 0 Å². The standard InChI is InChI=1S/C20H21N5O3S/c1-4-16(14-7-5-13(2)6-8-14)22-19(26)15-9-10-18(17(11-15)25(27)28)29-20-23-21-12-24(20)3/h5-12,16H,4H2,1-3H3,(H,22,26). The summed E-state index contributed by atoms with van der Waals surface area (Å²) in [5, 5.41) is 22.8. The van der Waals surface area contributed by atoms with Crippen LogP contribution >= 0.6 is 11.8 Å². The minimum absolute atomic E-state index is 0.144. The first-order valence-corrected chi connectivity index (χ1v) is 9.88. The average molecular weight is 411 g/mol. The van der Waals surface area contributed by atoms with E-state index in [9.17, 15) is 14.9 Å². The van der Waals surface area contributed by atoms with E-state index in [4.69, 9.17) is 0 Å². The fraction of sp³-hybridized carbons (Fsp3) is 0.250. The summed E-state index contributed by atoms with van der Waals surface area (Å²) >= 11 is 1.13. The monoisotopic (exact) mass is 411 g/mol. The number of rotatable bonds is 7. The normalized spacial score (nSPS) is 11.8. The van der Waals surface area contributed by atoms with Crippen molar-refractivity contribution in [1.29, 1.82) is 0 Å². The molecule has 0 aliphatic carbocycles. The van der Waals surface area contributed by atoms with Gasteiger partial charge in [0.05, 0.1) is 15.9 Å². The van der Waals surface area contributed by atoms with Crippen molar-refractivity contribution in [3.8, 4) is 0 Å². The Morgan fingerprint density at radius 1 is 1.28 bits per heavy atom. The molecule has 0 saturated carbocycles. The molecule has 1 heterocycles. The van der Waals surface area contributed by atoms with E-state index in [-0.39, 0.29) is 23.2 Å². The number of hydrogen-bond acceptors (Lipinski definition) is 6. The number of nitro groups is 1. The summed E-state index contributed by atoms with van der Waals surface area (Å²) in [6.45, 7) is 3.98. The molecule has 1 unspecified atom stereocenters. The van der Waals surface area contributed by atoms with Gasteiger partial charge in [-0.25, -0.2) is 0 Å². The highest BCUT2D eigenvalue weighted by molar-refractivity contribution is 7.99. The second kappa shape index (κ2) is 8.87. The number of benzene rings is 2. The van der Waals surface area contributed by atoms with Gasteiger partial charge >= 0.3 is 0 Å². The summed E-state index contributed by atoms with van der Waals surface area (Å²) in [5.41, 5.74) is 2.23. The predicted octanol–water partition coefficient (Wildman–Crippen LogP) is 4.06. The van der Waals surface area contributed by atoms with E-state index in [1.165, 1.54) is 12.4 Å². The Balaban J connectivity index is 1.83. The number of carbonyl (C=O) groups is 1. The van der Waals surface area contributed by atoms with Crippen LogP contribution in [0.3, 0.4) is 0 Å². The Bertz CT molecular complexity index is 1030. The van der Waals surface area contributed by atoms with Crippen LogP contribution in [0.5, 0.6) is 0 Å². The van der Waals surface area contributed by atoms with Crippen LogP contribution in [0.25, 0.3) is 0 Å². The second-order valence-corrected chi connectivity index (χ2v) is 7.62. The van der Waals surface area contributed by atoms with E-state index in [2.05, 4.69) is 15.5 Å². The smallest absolute Gasteiger partial charge is 0.284 e. The Kier molecular flexibility index (Phi) is 6.28. The molecule has 0 aliphatic heterocycles. The highest BCUT2D eigenvalue weighted by atomic mass is 32.2. The van der Waals surface area contributed by atoms with Gasteiger partial charge in [-0.3, -0.25) is 14.9 Å². The number of amides is 1. The summed E-state index contributed by atoms with van der Waals surface area (Å²) in [6.07, 6.45) is 2.23. The third-order valence-electron chi connectivity index (χ3n) is 4.48. The lowest BCUT2D eigenvalue weighted by molar-refractivity contribution is -0.387. The molecular formula is C20H21N5O3S. The van der Waals surface area contributed by atoms with Crippen LogP contribution in [0.4, 0.5) is 5.69 Å². The molecule has 3 aromatic rings. The van der Waals surface area contributed by atoms with E-state index in [0.717, 1.165) is 22.9 Å². The number of nitrogens with zero attached hydrogens (tertiary/aromatic N) is 4. The highest BCUT2D eigenvalue weighted by Crippen LogP contribution is 2.34. The number of aryl methyl sites for hydroxylation is 2. The zero-order valence-corrected chi connectivity index (χ0v) is 17.1. The summed E-state index contributed by atoms with van der Waals surface area (Å²) in [5.74, 6) is -0.351. The van der Waals surface area contributed by atoms with Gasteiger partial charge in [0.2, 0.25) is 0 Å². The summed E-state index contributed by atoms with van der Waals surface area (Å²) in [7, 11) is 1.76. The highest BCUT2D eigenvalue weighted by Gasteiger charge is 2.21. The zero-order valence-electron chi connectivity index (χ0n) is 16.3. The molecule has 0 fully saturated rings. The van der Waals surface area contributed by atoms with Crippen LogP contribution in [0.2, 0.25) is 0 Å². The molecule has 150 valence electrons. The van der Waals surface area contributed by atoms with Crippen molar-refractivity contribution in [2.45, 2.75) is 36.4 Å². The topological polar surface area (TPSA) is 103 Å². The molecular weight excluding hydrogens is 390 g/mol. The van der Waals surface area contributed by atoms with Gasteiger partial charge in [-0.1, -0.05) is 36.8 Å². The van der Waals surface area contributed by atoms with Gasteiger partial charge in [-0.05, 0) is 42.8 Å². The van der Waals surface area contributed by atoms with Crippen molar-refractivity contribution in [1.82, 2.24) is 20.1 Å². The maximum Gasteiger partial charge on any atom is 0.284 e. The first-order valence-electron chi connectivity index (χ1n) is 9.06. The second-order valence-electron chi connectivity index (χ2n) is 6.61. The largest absolute Gasteiger partial charge is 0.345 e. The number of hydrogen-bond donors (Lipinski definition) is 1. The molecule has 1 atom stereocenters. The van der Waals surface area contributed by atoms with Gasteiger partial charge in [0, 0.05) is 18.7 Å². The van der Waals surface area contributed by atoms with Crippen LogP contribution in [-0.2, 0) is 7.05 Å². The van der Waals surface area contributed by atoms with Crippen molar-refractivity contribution in [3.05, 3.63) is 75.6 Å². The minimum atomic E-state index is -0.493. The number of carbonyl (C=O) groups excluding carboxylic acids is 1. The lowest BCUT2D eigenvalue weighted by Gasteiger charge is -2.18. The van der Waals surface area contributed by atoms with Gasteiger partial charge in [-0.2, -0.15) is 0 Å². The fourth-order valence-electron chi connectivity index (χ4n) is 2.81. The van der Waals surface area contributed by atoms with Crippen LogP contribution in [0, 0.1) is 17.0 Å². The molecule has 0 saturated heterocycles. The van der Waals surface area contributed by atoms with E-state index in [1.54, 1.807) is 23.7 Å². The first-order chi connectivity index (χ1) is 13.9. The molecule has 1 N–H and O–H groups in total. The van der Waals surface area contributed by atoms with Crippen molar-refractivity contribution >= 4 is 23.4 Å². The first kappa shape index (κ1) is 20.5. The molecule has 1 amide bonds. The van der Waals surface area contributed by atoms with E-state index in [0.29, 0.717) is 16.5 Å². The Labute approximate surface area is 172 Å². The van der Waals surface area contributed by atoms with Crippen LogP contribution in [0.15, 0.2) is 58.8 Å². The Morgan fingerprint density at radius 3 is 2.59 bits per heavy atom. The van der Waals surface area contributed by atoms with Crippen molar-refractivity contribution < 1.29 is 9.72 Å². The van der Waals surface area contributed by atoms with E-state index in [1.807, 2.05) is 38.1 Å². The number of aromatic nitrogens is 3. The van der Waals surface area contributed by atoms with E-state index < -0.39 is 4.92 Å². The molecule has 0 radical (unpaired) electrons. The lowest BCUT2D eigenvalue weighted by Crippen LogP contribution is -2.28. The molecule has 3 rings (SSSR count). The lowest BCUT2D eigenvalue weighted by atomic mass is 10.0. The van der Waals surface area contributed by atoms with Crippen molar-refractivity contribution in [2.75, 3.05) is 0 Å². The van der Waals surface area contributed by atoms with Crippen molar-refractivity contribution in [2.24, 2.45) is 7.05 Å². The zero-order chi connectivity index (χ0) is 21.0. The van der Waals surface area contributed by atoms with Gasteiger partial charge in [0.25, 0.3) is 11.6 Å². The summed E-state index contributed by atoms with van der Waals surface area (Å²) in [6, 6.07) is 12.2. The van der Waals surface area contributed by atoms with Crippen LogP contribution in [0.1, 0.15) is 40.9 Å². The number of nitro benzene ring substituents is 1. The molecule has 1 aromatic heterocycles. The third kappa shape index (κ3) is 4.80. The molecule has 8 nitrogen and oxygen atoms in total. The Hall–Kier alpha value is -3.20. The molecule has 29 heavy (non-hydrogen) atoms. The Morgan fingerprint density at radius 2 is 2.00 bits per heavy atom. The maximum atomic E-state index is 12.7. The maximum absolute atomic E-state index is 12.7. The van der Waals surface area contributed by atoms with Gasteiger partial charge in [-0.15, -0.1) is 10.2 Å².